The van der Waals surface area contributed by atoms with Gasteiger partial charge in [0.05, 0.1) is 0 Å². The second-order valence-electron chi connectivity index (χ2n) is 5.24. The van der Waals surface area contributed by atoms with E-state index in [1.807, 2.05) is 42.1 Å². The molecule has 0 unspecified atom stereocenters. The Morgan fingerprint density at radius 1 is 1.23 bits per heavy atom. The molecule has 1 aromatic heterocycles. The standard InChI is InChI=1S/C17H18N2O3/c1-3-13-6-8-19(9-7-13)12(2)17(20)18-14-4-5-15-16(10-14)22-11-21-15/h4-10,12H,3,11H2,1-2H3/p+1/t12-/m0/s1. The summed E-state index contributed by atoms with van der Waals surface area (Å²) in [5.41, 5.74) is 1.95. The Labute approximate surface area is 129 Å². The summed E-state index contributed by atoms with van der Waals surface area (Å²) in [5.74, 6) is 1.29. The summed E-state index contributed by atoms with van der Waals surface area (Å²) in [6.07, 6.45) is 4.85. The van der Waals surface area contributed by atoms with Gasteiger partial charge in [-0.3, -0.25) is 4.79 Å². The number of carbonyl (C=O) groups excluding carboxylic acids is 1. The van der Waals surface area contributed by atoms with E-state index < -0.39 is 0 Å². The van der Waals surface area contributed by atoms with Crippen molar-refractivity contribution in [3.63, 3.8) is 0 Å². The van der Waals surface area contributed by atoms with Crippen LogP contribution in [0.15, 0.2) is 42.7 Å². The molecule has 0 radical (unpaired) electrons. The third-order valence-electron chi connectivity index (χ3n) is 3.80. The number of benzene rings is 1. The van der Waals surface area contributed by atoms with Gasteiger partial charge in [0.25, 0.3) is 5.91 Å². The number of anilines is 1. The van der Waals surface area contributed by atoms with Crippen molar-refractivity contribution in [3.8, 4) is 11.5 Å². The van der Waals surface area contributed by atoms with Crippen molar-refractivity contribution in [2.45, 2.75) is 26.3 Å². The summed E-state index contributed by atoms with van der Waals surface area (Å²) in [4.78, 5) is 12.4. The Hall–Kier alpha value is -2.56. The van der Waals surface area contributed by atoms with Gasteiger partial charge in [-0.1, -0.05) is 6.92 Å². The summed E-state index contributed by atoms with van der Waals surface area (Å²) in [6.45, 7) is 4.20. The van der Waals surface area contributed by atoms with Gasteiger partial charge in [0.1, 0.15) is 0 Å². The van der Waals surface area contributed by atoms with Gasteiger partial charge in [-0.25, -0.2) is 0 Å². The number of hydrogen-bond donors (Lipinski definition) is 1. The number of nitrogens with one attached hydrogen (secondary N) is 1. The number of fused-ring (bicyclic) bond motifs is 1. The van der Waals surface area contributed by atoms with E-state index in [1.165, 1.54) is 5.56 Å². The summed E-state index contributed by atoms with van der Waals surface area (Å²) >= 11 is 0. The number of hydrogen-bond acceptors (Lipinski definition) is 3. The molecule has 2 heterocycles. The molecule has 0 spiro atoms. The van der Waals surface area contributed by atoms with E-state index in [-0.39, 0.29) is 18.7 Å². The lowest BCUT2D eigenvalue weighted by Gasteiger charge is -2.09. The zero-order valence-electron chi connectivity index (χ0n) is 12.7. The summed E-state index contributed by atoms with van der Waals surface area (Å²) < 4.78 is 12.5. The largest absolute Gasteiger partial charge is 0.454 e. The van der Waals surface area contributed by atoms with Crippen LogP contribution < -0.4 is 19.4 Å². The molecular formula is C17H19N2O3+. The van der Waals surface area contributed by atoms with Crippen LogP contribution in [-0.4, -0.2) is 12.7 Å². The van der Waals surface area contributed by atoms with Gasteiger partial charge in [-0.05, 0) is 24.1 Å². The third kappa shape index (κ3) is 2.88. The fraction of sp³-hybridized carbons (Fsp3) is 0.294. The van der Waals surface area contributed by atoms with E-state index in [1.54, 1.807) is 12.1 Å². The van der Waals surface area contributed by atoms with Gasteiger partial charge < -0.3 is 14.8 Å². The van der Waals surface area contributed by atoms with Crippen molar-refractivity contribution in [1.82, 2.24) is 0 Å². The number of ether oxygens (including phenoxy) is 2. The molecule has 1 atom stereocenters. The van der Waals surface area contributed by atoms with Crippen LogP contribution in [0.4, 0.5) is 5.69 Å². The number of aryl methyl sites for hydroxylation is 1. The molecule has 1 aliphatic rings. The Morgan fingerprint density at radius 3 is 2.68 bits per heavy atom. The molecule has 0 saturated heterocycles. The fourth-order valence-corrected chi connectivity index (χ4v) is 2.32. The number of nitrogens with zero attached hydrogens (tertiary/aromatic N) is 1. The fourth-order valence-electron chi connectivity index (χ4n) is 2.32. The summed E-state index contributed by atoms with van der Waals surface area (Å²) in [7, 11) is 0. The normalized spacial score (nSPS) is 13.7. The molecule has 1 aromatic carbocycles. The number of carbonyl (C=O) groups is 1. The number of amides is 1. The third-order valence-corrected chi connectivity index (χ3v) is 3.80. The van der Waals surface area contributed by atoms with Crippen LogP contribution in [-0.2, 0) is 11.2 Å². The second kappa shape index (κ2) is 6.05. The Bertz CT molecular complexity index is 683. The zero-order valence-corrected chi connectivity index (χ0v) is 12.7. The van der Waals surface area contributed by atoms with Crippen molar-refractivity contribution in [2.24, 2.45) is 0 Å². The van der Waals surface area contributed by atoms with E-state index in [9.17, 15) is 4.79 Å². The molecule has 1 amide bonds. The zero-order chi connectivity index (χ0) is 15.5. The number of aromatic nitrogens is 1. The van der Waals surface area contributed by atoms with Crippen molar-refractivity contribution in [1.29, 1.82) is 0 Å². The van der Waals surface area contributed by atoms with E-state index >= 15 is 0 Å². The highest BCUT2D eigenvalue weighted by atomic mass is 16.7. The van der Waals surface area contributed by atoms with E-state index in [4.69, 9.17) is 9.47 Å². The molecule has 1 aliphatic heterocycles. The molecule has 0 fully saturated rings. The predicted octanol–water partition coefficient (Wildman–Crippen LogP) is 2.46. The minimum Gasteiger partial charge on any atom is -0.454 e. The highest BCUT2D eigenvalue weighted by Crippen LogP contribution is 2.34. The molecule has 0 saturated carbocycles. The molecule has 1 N–H and O–H groups in total. The molecule has 0 bridgehead atoms. The summed E-state index contributed by atoms with van der Waals surface area (Å²) in [5, 5.41) is 2.90. The van der Waals surface area contributed by atoms with Crippen molar-refractivity contribution in [2.75, 3.05) is 12.1 Å². The molecule has 3 rings (SSSR count). The van der Waals surface area contributed by atoms with Gasteiger partial charge in [-0.15, -0.1) is 0 Å². The summed E-state index contributed by atoms with van der Waals surface area (Å²) in [6, 6.07) is 9.15. The molecule has 22 heavy (non-hydrogen) atoms. The average molecular weight is 299 g/mol. The van der Waals surface area contributed by atoms with E-state index in [0.29, 0.717) is 17.2 Å². The van der Waals surface area contributed by atoms with E-state index in [2.05, 4.69) is 12.2 Å². The Balaban J connectivity index is 1.70. The maximum atomic E-state index is 12.4. The quantitative estimate of drug-likeness (QED) is 0.882. The first-order chi connectivity index (χ1) is 10.7. The first-order valence-electron chi connectivity index (χ1n) is 7.37. The van der Waals surface area contributed by atoms with Gasteiger partial charge in [-0.2, -0.15) is 4.57 Å². The highest BCUT2D eigenvalue weighted by Gasteiger charge is 2.22. The molecular weight excluding hydrogens is 280 g/mol. The second-order valence-corrected chi connectivity index (χ2v) is 5.24. The number of pyridine rings is 1. The molecule has 0 aliphatic carbocycles. The van der Waals surface area contributed by atoms with Gasteiger partial charge in [0.15, 0.2) is 23.9 Å². The topological polar surface area (TPSA) is 51.4 Å². The van der Waals surface area contributed by atoms with Crippen LogP contribution in [0.25, 0.3) is 0 Å². The minimum atomic E-state index is -0.295. The van der Waals surface area contributed by atoms with Gasteiger partial charge in [0, 0.05) is 30.8 Å². The Kier molecular flexibility index (Phi) is 3.96. The smallest absolute Gasteiger partial charge is 0.293 e. The maximum Gasteiger partial charge on any atom is 0.293 e. The molecule has 2 aromatic rings. The molecule has 5 heteroatoms. The van der Waals surface area contributed by atoms with Crippen molar-refractivity contribution >= 4 is 11.6 Å². The van der Waals surface area contributed by atoms with Crippen LogP contribution in [0.1, 0.15) is 25.5 Å². The average Bonchev–Trinajstić information content (AvgIpc) is 3.02. The van der Waals surface area contributed by atoms with Crippen LogP contribution >= 0.6 is 0 Å². The SMILES string of the molecule is CCc1cc[n+]([C@@H](C)C(=O)Nc2ccc3c(c2)OCO3)cc1. The van der Waals surface area contributed by atoms with Gasteiger partial charge >= 0.3 is 0 Å². The number of rotatable bonds is 4. The predicted molar refractivity (Wildman–Crippen MR) is 81.9 cm³/mol. The Morgan fingerprint density at radius 2 is 1.95 bits per heavy atom. The minimum absolute atomic E-state index is 0.0758. The van der Waals surface area contributed by atoms with Crippen LogP contribution in [0.5, 0.6) is 11.5 Å². The lowest BCUT2D eigenvalue weighted by atomic mass is 10.2. The maximum absolute atomic E-state index is 12.4. The molecule has 5 nitrogen and oxygen atoms in total. The monoisotopic (exact) mass is 299 g/mol. The van der Waals surface area contributed by atoms with Crippen LogP contribution in [0, 0.1) is 0 Å². The highest BCUT2D eigenvalue weighted by molar-refractivity contribution is 5.92. The van der Waals surface area contributed by atoms with Gasteiger partial charge in [0.2, 0.25) is 12.8 Å². The van der Waals surface area contributed by atoms with Crippen molar-refractivity contribution in [3.05, 3.63) is 48.3 Å². The lowest BCUT2D eigenvalue weighted by molar-refractivity contribution is -0.705. The van der Waals surface area contributed by atoms with Crippen molar-refractivity contribution < 1.29 is 18.8 Å². The van der Waals surface area contributed by atoms with Crippen LogP contribution in [0.3, 0.4) is 0 Å². The molecule has 114 valence electrons. The lowest BCUT2D eigenvalue weighted by Crippen LogP contribution is -2.44. The van der Waals surface area contributed by atoms with Crippen LogP contribution in [0.2, 0.25) is 0 Å². The first-order valence-corrected chi connectivity index (χ1v) is 7.37. The van der Waals surface area contributed by atoms with E-state index in [0.717, 1.165) is 6.42 Å². The first kappa shape index (κ1) is 14.4.